The van der Waals surface area contributed by atoms with Crippen molar-refractivity contribution >= 4 is 11.5 Å². The first-order chi connectivity index (χ1) is 9.11. The Morgan fingerprint density at radius 3 is 2.58 bits per heavy atom. The fourth-order valence-electron chi connectivity index (χ4n) is 2.12. The lowest BCUT2D eigenvalue weighted by molar-refractivity contribution is -0.389. The highest BCUT2D eigenvalue weighted by Gasteiger charge is 2.21. The van der Waals surface area contributed by atoms with Gasteiger partial charge in [-0.1, -0.05) is 0 Å². The Balaban J connectivity index is 1.98. The summed E-state index contributed by atoms with van der Waals surface area (Å²) in [5.41, 5.74) is 0.884. The average Bonchev–Trinajstić information content (AvgIpc) is 2.46. The van der Waals surface area contributed by atoms with Crippen LogP contribution in [0.2, 0.25) is 0 Å². The van der Waals surface area contributed by atoms with Crippen LogP contribution < -0.4 is 4.90 Å². The first-order valence-corrected chi connectivity index (χ1v) is 6.11. The van der Waals surface area contributed by atoms with Crippen LogP contribution in [0.3, 0.4) is 0 Å². The van der Waals surface area contributed by atoms with Crippen LogP contribution in [0.15, 0.2) is 18.3 Å². The minimum atomic E-state index is -0.504. The first kappa shape index (κ1) is 13.2. The van der Waals surface area contributed by atoms with Gasteiger partial charge in [0.25, 0.3) is 0 Å². The number of hydrogen-bond acceptors (Lipinski definition) is 6. The van der Waals surface area contributed by atoms with Gasteiger partial charge in [0.05, 0.1) is 17.8 Å². The van der Waals surface area contributed by atoms with Gasteiger partial charge in [0.15, 0.2) is 6.20 Å². The van der Waals surface area contributed by atoms with Crippen LogP contribution >= 0.6 is 0 Å². The molecule has 0 amide bonds. The molecule has 1 aromatic rings. The standard InChI is InChI=1S/C12H15N5O2/c1-10(8-13)15-4-6-16(7-5-15)11-2-3-12(14-9-11)17(18)19/h2-3,9-10H,4-7H2,1H3. The minimum Gasteiger partial charge on any atom is -0.366 e. The van der Waals surface area contributed by atoms with E-state index in [1.807, 2.05) is 6.92 Å². The Kier molecular flexibility index (Phi) is 3.92. The summed E-state index contributed by atoms with van der Waals surface area (Å²) in [6.45, 7) is 5.11. The zero-order valence-corrected chi connectivity index (χ0v) is 10.7. The highest BCUT2D eigenvalue weighted by atomic mass is 16.6. The molecule has 1 aliphatic heterocycles. The van der Waals surface area contributed by atoms with Crippen LogP contribution in [0.25, 0.3) is 0 Å². The van der Waals surface area contributed by atoms with Crippen molar-refractivity contribution in [1.29, 1.82) is 5.26 Å². The Hall–Kier alpha value is -2.20. The molecule has 1 atom stereocenters. The lowest BCUT2D eigenvalue weighted by Crippen LogP contribution is -2.49. The van der Waals surface area contributed by atoms with Crippen molar-refractivity contribution in [3.05, 3.63) is 28.4 Å². The fourth-order valence-corrected chi connectivity index (χ4v) is 2.12. The topological polar surface area (TPSA) is 86.3 Å². The second kappa shape index (κ2) is 5.63. The van der Waals surface area contributed by atoms with E-state index in [0.29, 0.717) is 0 Å². The maximum Gasteiger partial charge on any atom is 0.363 e. The number of pyridine rings is 1. The highest BCUT2D eigenvalue weighted by molar-refractivity contribution is 5.46. The number of aromatic nitrogens is 1. The van der Waals surface area contributed by atoms with Crippen LogP contribution in [0, 0.1) is 21.4 Å². The second-order valence-electron chi connectivity index (χ2n) is 4.46. The largest absolute Gasteiger partial charge is 0.366 e. The highest BCUT2D eigenvalue weighted by Crippen LogP contribution is 2.18. The first-order valence-electron chi connectivity index (χ1n) is 6.11. The lowest BCUT2D eigenvalue weighted by atomic mass is 10.2. The van der Waals surface area contributed by atoms with Gasteiger partial charge in [0.1, 0.15) is 0 Å². The van der Waals surface area contributed by atoms with Gasteiger partial charge in [-0.05, 0) is 22.9 Å². The SMILES string of the molecule is CC(C#N)N1CCN(c2ccc([N+](=O)[O-])nc2)CC1. The van der Waals surface area contributed by atoms with E-state index < -0.39 is 4.92 Å². The van der Waals surface area contributed by atoms with E-state index in [0.717, 1.165) is 31.9 Å². The van der Waals surface area contributed by atoms with E-state index in [9.17, 15) is 10.1 Å². The van der Waals surface area contributed by atoms with Gasteiger partial charge in [-0.2, -0.15) is 5.26 Å². The number of anilines is 1. The Bertz CT molecular complexity index is 488. The molecule has 0 radical (unpaired) electrons. The zero-order valence-electron chi connectivity index (χ0n) is 10.7. The Morgan fingerprint density at radius 2 is 2.11 bits per heavy atom. The molecule has 0 aliphatic carbocycles. The molecule has 19 heavy (non-hydrogen) atoms. The van der Waals surface area contributed by atoms with Gasteiger partial charge in [-0.25, -0.2) is 0 Å². The molecule has 1 aromatic heterocycles. The van der Waals surface area contributed by atoms with Gasteiger partial charge in [0.2, 0.25) is 0 Å². The van der Waals surface area contributed by atoms with Crippen molar-refractivity contribution in [2.24, 2.45) is 0 Å². The molecule has 0 spiro atoms. The molecule has 0 aromatic carbocycles. The van der Waals surface area contributed by atoms with Crippen molar-refractivity contribution in [3.63, 3.8) is 0 Å². The normalized spacial score (nSPS) is 17.8. The zero-order chi connectivity index (χ0) is 13.8. The fraction of sp³-hybridized carbons (Fsp3) is 0.500. The molecule has 0 N–H and O–H groups in total. The van der Waals surface area contributed by atoms with Crippen molar-refractivity contribution in [2.75, 3.05) is 31.1 Å². The summed E-state index contributed by atoms with van der Waals surface area (Å²) in [6, 6.07) is 5.29. The summed E-state index contributed by atoms with van der Waals surface area (Å²) in [4.78, 5) is 18.1. The smallest absolute Gasteiger partial charge is 0.363 e. The molecule has 1 aliphatic rings. The monoisotopic (exact) mass is 261 g/mol. The summed E-state index contributed by atoms with van der Waals surface area (Å²) in [5.74, 6) is -0.138. The summed E-state index contributed by atoms with van der Waals surface area (Å²) >= 11 is 0. The number of nitro groups is 1. The number of nitriles is 1. The quantitative estimate of drug-likeness (QED) is 0.596. The molecule has 1 saturated heterocycles. The molecule has 100 valence electrons. The number of rotatable bonds is 3. The number of nitrogens with zero attached hydrogens (tertiary/aromatic N) is 5. The maximum absolute atomic E-state index is 10.5. The van der Waals surface area contributed by atoms with Gasteiger partial charge in [0, 0.05) is 32.2 Å². The van der Waals surface area contributed by atoms with Gasteiger partial charge < -0.3 is 15.0 Å². The Labute approximate surface area is 111 Å². The second-order valence-corrected chi connectivity index (χ2v) is 4.46. The van der Waals surface area contributed by atoms with Crippen molar-refractivity contribution in [3.8, 4) is 6.07 Å². The lowest BCUT2D eigenvalue weighted by Gasteiger charge is -2.36. The summed E-state index contributed by atoms with van der Waals surface area (Å²) in [6.07, 6.45) is 1.53. The predicted molar refractivity (Wildman–Crippen MR) is 69.8 cm³/mol. The molecule has 1 fully saturated rings. The third kappa shape index (κ3) is 2.98. The van der Waals surface area contributed by atoms with E-state index >= 15 is 0 Å². The third-order valence-corrected chi connectivity index (χ3v) is 3.33. The van der Waals surface area contributed by atoms with Crippen LogP contribution in [0.4, 0.5) is 11.5 Å². The Morgan fingerprint density at radius 1 is 1.42 bits per heavy atom. The average molecular weight is 261 g/mol. The minimum absolute atomic E-state index is 0.0721. The maximum atomic E-state index is 10.5. The van der Waals surface area contributed by atoms with Crippen molar-refractivity contribution in [1.82, 2.24) is 9.88 Å². The van der Waals surface area contributed by atoms with Gasteiger partial charge in [-0.15, -0.1) is 0 Å². The number of hydrogen-bond donors (Lipinski definition) is 0. The van der Waals surface area contributed by atoms with E-state index in [-0.39, 0.29) is 11.9 Å². The molecule has 2 heterocycles. The van der Waals surface area contributed by atoms with Gasteiger partial charge in [-0.3, -0.25) is 4.90 Å². The van der Waals surface area contributed by atoms with Crippen LogP contribution in [-0.2, 0) is 0 Å². The molecular formula is C12H15N5O2. The van der Waals surface area contributed by atoms with E-state index in [1.165, 1.54) is 12.3 Å². The molecule has 0 bridgehead atoms. The molecule has 7 heteroatoms. The third-order valence-electron chi connectivity index (χ3n) is 3.33. The number of piperazine rings is 1. The molecule has 2 rings (SSSR count). The molecule has 7 nitrogen and oxygen atoms in total. The predicted octanol–water partition coefficient (Wildman–Crippen LogP) is 1.02. The summed E-state index contributed by atoms with van der Waals surface area (Å²) < 4.78 is 0. The van der Waals surface area contributed by atoms with Crippen LogP contribution in [0.1, 0.15) is 6.92 Å². The molecular weight excluding hydrogens is 246 g/mol. The van der Waals surface area contributed by atoms with Crippen LogP contribution in [0.5, 0.6) is 0 Å². The van der Waals surface area contributed by atoms with Crippen molar-refractivity contribution < 1.29 is 4.92 Å². The van der Waals surface area contributed by atoms with E-state index in [1.54, 1.807) is 6.07 Å². The van der Waals surface area contributed by atoms with Gasteiger partial charge >= 0.3 is 5.82 Å². The van der Waals surface area contributed by atoms with Crippen LogP contribution in [-0.4, -0.2) is 47.0 Å². The van der Waals surface area contributed by atoms with Crippen molar-refractivity contribution in [2.45, 2.75) is 13.0 Å². The summed E-state index contributed by atoms with van der Waals surface area (Å²) in [7, 11) is 0. The summed E-state index contributed by atoms with van der Waals surface area (Å²) in [5, 5.41) is 19.4. The molecule has 1 unspecified atom stereocenters. The van der Waals surface area contributed by atoms with E-state index in [4.69, 9.17) is 5.26 Å². The van der Waals surface area contributed by atoms with E-state index in [2.05, 4.69) is 20.9 Å². The molecule has 0 saturated carbocycles.